The van der Waals surface area contributed by atoms with Crippen molar-refractivity contribution in [3.63, 3.8) is 0 Å². The molecule has 0 spiro atoms. The van der Waals surface area contributed by atoms with Crippen molar-refractivity contribution in [3.05, 3.63) is 53.1 Å². The summed E-state index contributed by atoms with van der Waals surface area (Å²) in [5.41, 5.74) is 0.488. The van der Waals surface area contributed by atoms with E-state index in [9.17, 15) is 27.2 Å². The Morgan fingerprint density at radius 1 is 1.12 bits per heavy atom. The molecule has 1 fully saturated rings. The summed E-state index contributed by atoms with van der Waals surface area (Å²) in [6.45, 7) is 2.88. The van der Waals surface area contributed by atoms with Gasteiger partial charge in [-0.25, -0.2) is 9.98 Å². The number of aromatic nitrogens is 1. The molecule has 0 aliphatic carbocycles. The molecule has 0 atom stereocenters. The number of halogens is 4. The highest BCUT2D eigenvalue weighted by Crippen LogP contribution is 2.31. The molecule has 2 aliphatic heterocycles. The Hall–Kier alpha value is -3.34. The summed E-state index contributed by atoms with van der Waals surface area (Å²) >= 11 is 0. The number of benzene rings is 1. The molecule has 1 aromatic carbocycles. The Morgan fingerprint density at radius 2 is 1.85 bits per heavy atom. The van der Waals surface area contributed by atoms with Gasteiger partial charge in [-0.1, -0.05) is 12.1 Å². The normalized spacial score (nSPS) is 16.9. The van der Waals surface area contributed by atoms with Crippen LogP contribution in [0.5, 0.6) is 0 Å². The largest absolute Gasteiger partial charge is 0.436 e. The Bertz CT molecular complexity index is 1120. The summed E-state index contributed by atoms with van der Waals surface area (Å²) in [6.07, 6.45) is -5.08. The second-order valence-electron chi connectivity index (χ2n) is 7.87. The summed E-state index contributed by atoms with van der Waals surface area (Å²) in [5, 5.41) is 2.40. The third-order valence-electron chi connectivity index (χ3n) is 5.67. The van der Waals surface area contributed by atoms with E-state index in [0.717, 1.165) is 5.56 Å². The number of amides is 1. The van der Waals surface area contributed by atoms with E-state index >= 15 is 0 Å². The minimum absolute atomic E-state index is 0.00923. The number of carbonyl (C=O) groups is 2. The van der Waals surface area contributed by atoms with Crippen LogP contribution in [0.15, 0.2) is 35.3 Å². The van der Waals surface area contributed by atoms with Gasteiger partial charge in [0, 0.05) is 46.2 Å². The Labute approximate surface area is 187 Å². The fourth-order valence-electron chi connectivity index (χ4n) is 3.97. The Kier molecular flexibility index (Phi) is 6.15. The molecule has 0 unspecified atom stereocenters. The maximum absolute atomic E-state index is 14.4. The van der Waals surface area contributed by atoms with Crippen LogP contribution in [0.4, 0.5) is 28.9 Å². The number of nitrogens with one attached hydrogen (secondary N) is 1. The number of pyridine rings is 1. The molecule has 1 aromatic heterocycles. The average Bonchev–Trinajstić information content (AvgIpc) is 2.78. The fraction of sp³-hybridized carbons (Fsp3) is 0.364. The van der Waals surface area contributed by atoms with Crippen molar-refractivity contribution in [3.8, 4) is 0 Å². The maximum Gasteiger partial charge on any atom is 0.436 e. The van der Waals surface area contributed by atoms with E-state index in [4.69, 9.17) is 0 Å². The molecular weight excluding hydrogens is 442 g/mol. The van der Waals surface area contributed by atoms with E-state index in [0.29, 0.717) is 44.0 Å². The number of nitrogens with zero attached hydrogens (tertiary/aromatic N) is 4. The van der Waals surface area contributed by atoms with Crippen LogP contribution in [-0.4, -0.2) is 66.7 Å². The van der Waals surface area contributed by atoms with Crippen molar-refractivity contribution < 1.29 is 27.2 Å². The predicted molar refractivity (Wildman–Crippen MR) is 113 cm³/mol. The number of hydrogen-bond donors (Lipinski definition) is 1. The lowest BCUT2D eigenvalue weighted by molar-refractivity contribution is -0.116. The Morgan fingerprint density at radius 3 is 2.48 bits per heavy atom. The minimum Gasteiger partial charge on any atom is -0.365 e. The topological polar surface area (TPSA) is 77.9 Å². The van der Waals surface area contributed by atoms with E-state index in [1.807, 2.05) is 4.90 Å². The van der Waals surface area contributed by atoms with E-state index < -0.39 is 29.5 Å². The van der Waals surface area contributed by atoms with E-state index in [1.165, 1.54) is 19.2 Å². The lowest BCUT2D eigenvalue weighted by atomic mass is 9.98. The molecule has 33 heavy (non-hydrogen) atoms. The van der Waals surface area contributed by atoms with E-state index in [-0.39, 0.29) is 17.8 Å². The monoisotopic (exact) mass is 463 g/mol. The van der Waals surface area contributed by atoms with Gasteiger partial charge in [0.05, 0.1) is 11.4 Å². The number of rotatable bonds is 4. The highest BCUT2D eigenvalue weighted by Gasteiger charge is 2.42. The summed E-state index contributed by atoms with van der Waals surface area (Å²) in [7, 11) is 1.45. The van der Waals surface area contributed by atoms with Crippen molar-refractivity contribution in [2.45, 2.75) is 19.1 Å². The number of aliphatic imine (C=N–C) groups is 1. The number of ketones is 1. The molecule has 0 bridgehead atoms. The molecule has 4 rings (SSSR count). The smallest absolute Gasteiger partial charge is 0.365 e. The fourth-order valence-corrected chi connectivity index (χ4v) is 3.97. The van der Waals surface area contributed by atoms with Crippen LogP contribution in [0.25, 0.3) is 0 Å². The van der Waals surface area contributed by atoms with Gasteiger partial charge in [0.25, 0.3) is 5.91 Å². The third-order valence-corrected chi connectivity index (χ3v) is 5.67. The second-order valence-corrected chi connectivity index (χ2v) is 7.87. The van der Waals surface area contributed by atoms with Gasteiger partial charge in [0.15, 0.2) is 11.5 Å². The van der Waals surface area contributed by atoms with Crippen molar-refractivity contribution in [1.29, 1.82) is 0 Å². The van der Waals surface area contributed by atoms with Gasteiger partial charge < -0.3 is 10.2 Å². The van der Waals surface area contributed by atoms with Gasteiger partial charge in [-0.2, -0.15) is 17.6 Å². The van der Waals surface area contributed by atoms with Crippen LogP contribution in [0.1, 0.15) is 21.6 Å². The highest BCUT2D eigenvalue weighted by molar-refractivity contribution is 6.43. The minimum atomic E-state index is -4.76. The molecule has 2 aromatic rings. The zero-order valence-electron chi connectivity index (χ0n) is 17.7. The van der Waals surface area contributed by atoms with Gasteiger partial charge in [0.2, 0.25) is 5.95 Å². The number of Topliss-reactive ketones (excluding diaryl/α,β-unsaturated/α-hetero) is 1. The van der Waals surface area contributed by atoms with Crippen molar-refractivity contribution >= 4 is 28.8 Å². The number of carbonyl (C=O) groups excluding carboxylic acids is 2. The quantitative estimate of drug-likeness (QED) is 0.557. The second kappa shape index (κ2) is 8.89. The summed E-state index contributed by atoms with van der Waals surface area (Å²) in [6, 6.07) is 7.95. The summed E-state index contributed by atoms with van der Waals surface area (Å²) in [5.74, 6) is -2.20. The molecule has 1 N–H and O–H groups in total. The third kappa shape index (κ3) is 4.87. The first-order valence-corrected chi connectivity index (χ1v) is 10.3. The van der Waals surface area contributed by atoms with Gasteiger partial charge in [-0.15, -0.1) is 0 Å². The van der Waals surface area contributed by atoms with Crippen molar-refractivity contribution in [1.82, 2.24) is 15.2 Å². The first kappa shape index (κ1) is 22.8. The molecule has 11 heteroatoms. The first-order chi connectivity index (χ1) is 15.7. The average molecular weight is 463 g/mol. The Balaban J connectivity index is 1.39. The molecule has 174 valence electrons. The van der Waals surface area contributed by atoms with Gasteiger partial charge >= 0.3 is 6.18 Å². The van der Waals surface area contributed by atoms with Gasteiger partial charge in [-0.3, -0.25) is 14.5 Å². The number of hydrogen-bond acceptors (Lipinski definition) is 6. The molecule has 0 saturated carbocycles. The molecule has 3 heterocycles. The number of fused-ring (bicyclic) bond motifs is 1. The van der Waals surface area contributed by atoms with Crippen molar-refractivity contribution in [2.75, 3.05) is 38.1 Å². The van der Waals surface area contributed by atoms with Crippen LogP contribution in [0.3, 0.4) is 0 Å². The lowest BCUT2D eigenvalue weighted by Crippen LogP contribution is -2.46. The van der Waals surface area contributed by atoms with Crippen LogP contribution in [0.2, 0.25) is 0 Å². The predicted octanol–water partition coefficient (Wildman–Crippen LogP) is 2.66. The first-order valence-electron chi connectivity index (χ1n) is 10.3. The summed E-state index contributed by atoms with van der Waals surface area (Å²) in [4.78, 5) is 34.7. The van der Waals surface area contributed by atoms with Crippen LogP contribution in [-0.2, 0) is 17.8 Å². The number of anilines is 1. The molecule has 2 aliphatic rings. The molecule has 7 nitrogen and oxygen atoms in total. The zero-order chi connectivity index (χ0) is 23.8. The summed E-state index contributed by atoms with van der Waals surface area (Å²) < 4.78 is 53.2. The zero-order valence-corrected chi connectivity index (χ0v) is 17.7. The number of piperazine rings is 1. The maximum atomic E-state index is 14.4. The van der Waals surface area contributed by atoms with E-state index in [2.05, 4.69) is 20.2 Å². The molecular formula is C22H21F4N5O2. The number of alkyl halides is 3. The highest BCUT2D eigenvalue weighted by atomic mass is 19.4. The van der Waals surface area contributed by atoms with E-state index in [1.54, 1.807) is 18.2 Å². The van der Waals surface area contributed by atoms with Gasteiger partial charge in [0.1, 0.15) is 5.69 Å². The molecule has 0 radical (unpaired) electrons. The SMILES string of the molecule is CNC(=O)c1ccc(N2CCN(Cc3ccc4c(c3)CC(=O)C(C(F)(F)F)=N4)CC2)c(F)n1. The standard InChI is InChI=1S/C22H21F4N5O2/c1-27-21(33)16-4-5-17(20(23)29-16)31-8-6-30(7-9-31)12-13-2-3-15-14(10-13)11-18(32)19(28-15)22(24,25)26/h2-5,10H,6-9,11-12H2,1H3,(H,27,33). The van der Waals surface area contributed by atoms with Crippen LogP contribution < -0.4 is 10.2 Å². The van der Waals surface area contributed by atoms with Crippen molar-refractivity contribution in [2.24, 2.45) is 4.99 Å². The van der Waals surface area contributed by atoms with Crippen LogP contribution >= 0.6 is 0 Å². The molecule has 1 saturated heterocycles. The lowest BCUT2D eigenvalue weighted by Gasteiger charge is -2.36. The van der Waals surface area contributed by atoms with Crippen LogP contribution in [0, 0.1) is 5.95 Å². The molecule has 1 amide bonds. The van der Waals surface area contributed by atoms with Gasteiger partial charge in [-0.05, 0) is 29.3 Å².